The van der Waals surface area contributed by atoms with E-state index in [0.29, 0.717) is 18.5 Å². The zero-order valence-corrected chi connectivity index (χ0v) is 13.1. The SMILES string of the molecule is O=C(NCCc1ccc(F)cc1)c1nc(-c2cccnc2Cl)no1. The zero-order chi connectivity index (χ0) is 16.9. The molecular formula is C16H12ClFN4O2. The lowest BCUT2D eigenvalue weighted by Crippen LogP contribution is -2.26. The number of nitrogens with zero attached hydrogens (tertiary/aromatic N) is 3. The van der Waals surface area contributed by atoms with Crippen LogP contribution in [-0.4, -0.2) is 27.6 Å². The molecule has 24 heavy (non-hydrogen) atoms. The maximum Gasteiger partial charge on any atom is 0.316 e. The van der Waals surface area contributed by atoms with Crippen molar-refractivity contribution >= 4 is 17.5 Å². The fourth-order valence-electron chi connectivity index (χ4n) is 2.02. The molecule has 8 heteroatoms. The van der Waals surface area contributed by atoms with Gasteiger partial charge in [-0.1, -0.05) is 28.9 Å². The summed E-state index contributed by atoms with van der Waals surface area (Å²) in [7, 11) is 0. The second-order valence-corrected chi connectivity index (χ2v) is 5.26. The van der Waals surface area contributed by atoms with E-state index in [1.54, 1.807) is 24.3 Å². The standard InChI is InChI=1S/C16H12ClFN4O2/c17-13-12(2-1-8-19-13)14-21-16(24-22-14)15(23)20-9-7-10-3-5-11(18)6-4-10/h1-6,8H,7,9H2,(H,20,23). The number of benzene rings is 1. The molecule has 0 unspecified atom stereocenters. The average Bonchev–Trinajstić information content (AvgIpc) is 3.07. The van der Waals surface area contributed by atoms with E-state index in [4.69, 9.17) is 16.1 Å². The molecule has 2 aromatic heterocycles. The molecule has 3 rings (SSSR count). The van der Waals surface area contributed by atoms with Gasteiger partial charge in [-0.2, -0.15) is 4.98 Å². The minimum absolute atomic E-state index is 0.163. The molecule has 0 aliphatic carbocycles. The molecule has 122 valence electrons. The van der Waals surface area contributed by atoms with Crippen molar-refractivity contribution in [2.45, 2.75) is 6.42 Å². The Labute approximate surface area is 141 Å². The van der Waals surface area contributed by atoms with Crippen LogP contribution in [-0.2, 0) is 6.42 Å². The van der Waals surface area contributed by atoms with E-state index < -0.39 is 5.91 Å². The molecule has 0 spiro atoms. The fourth-order valence-corrected chi connectivity index (χ4v) is 2.23. The number of aromatic nitrogens is 3. The number of nitrogens with one attached hydrogen (secondary N) is 1. The monoisotopic (exact) mass is 346 g/mol. The molecule has 0 aliphatic heterocycles. The third-order valence-corrected chi connectivity index (χ3v) is 3.53. The Kier molecular flexibility index (Phi) is 4.81. The highest BCUT2D eigenvalue weighted by molar-refractivity contribution is 6.31. The van der Waals surface area contributed by atoms with Crippen LogP contribution in [0.25, 0.3) is 11.4 Å². The first-order valence-electron chi connectivity index (χ1n) is 7.11. The van der Waals surface area contributed by atoms with Crippen molar-refractivity contribution in [1.82, 2.24) is 20.4 Å². The van der Waals surface area contributed by atoms with Crippen LogP contribution >= 0.6 is 11.6 Å². The lowest BCUT2D eigenvalue weighted by molar-refractivity contribution is 0.0910. The Hall–Kier alpha value is -2.80. The van der Waals surface area contributed by atoms with Crippen molar-refractivity contribution in [2.75, 3.05) is 6.54 Å². The van der Waals surface area contributed by atoms with Crippen molar-refractivity contribution in [3.05, 3.63) is 65.0 Å². The van der Waals surface area contributed by atoms with Crippen LogP contribution in [0.2, 0.25) is 5.15 Å². The Morgan fingerprint density at radius 1 is 1.25 bits per heavy atom. The van der Waals surface area contributed by atoms with Crippen LogP contribution in [0, 0.1) is 5.82 Å². The van der Waals surface area contributed by atoms with Gasteiger partial charge < -0.3 is 9.84 Å². The molecule has 1 amide bonds. The van der Waals surface area contributed by atoms with Gasteiger partial charge in [0.15, 0.2) is 0 Å². The summed E-state index contributed by atoms with van der Waals surface area (Å²) >= 11 is 5.95. The van der Waals surface area contributed by atoms with Gasteiger partial charge in [-0.3, -0.25) is 4.79 Å². The smallest absolute Gasteiger partial charge is 0.316 e. The number of carbonyl (C=O) groups excluding carboxylic acids is 1. The predicted octanol–water partition coefficient (Wildman–Crippen LogP) is 2.90. The molecule has 3 aromatic rings. The van der Waals surface area contributed by atoms with Gasteiger partial charge in [-0.05, 0) is 36.2 Å². The summed E-state index contributed by atoms with van der Waals surface area (Å²) in [4.78, 5) is 19.9. The van der Waals surface area contributed by atoms with Gasteiger partial charge in [0.05, 0.1) is 5.56 Å². The van der Waals surface area contributed by atoms with Gasteiger partial charge in [0.25, 0.3) is 0 Å². The number of hydrogen-bond acceptors (Lipinski definition) is 5. The molecule has 0 aliphatic rings. The van der Waals surface area contributed by atoms with Gasteiger partial charge in [0, 0.05) is 12.7 Å². The van der Waals surface area contributed by atoms with E-state index in [1.165, 1.54) is 18.3 Å². The van der Waals surface area contributed by atoms with E-state index in [-0.39, 0.29) is 22.7 Å². The number of halogens is 2. The molecule has 0 atom stereocenters. The van der Waals surface area contributed by atoms with E-state index in [0.717, 1.165) is 5.56 Å². The summed E-state index contributed by atoms with van der Waals surface area (Å²) in [6, 6.07) is 9.43. The molecule has 0 bridgehead atoms. The molecule has 0 saturated heterocycles. The number of hydrogen-bond donors (Lipinski definition) is 1. The quantitative estimate of drug-likeness (QED) is 0.718. The normalized spacial score (nSPS) is 10.6. The number of rotatable bonds is 5. The molecule has 6 nitrogen and oxygen atoms in total. The summed E-state index contributed by atoms with van der Waals surface area (Å²) < 4.78 is 17.8. The second kappa shape index (κ2) is 7.18. The van der Waals surface area contributed by atoms with Crippen molar-refractivity contribution < 1.29 is 13.7 Å². The molecular weight excluding hydrogens is 335 g/mol. The number of carbonyl (C=O) groups is 1. The Bertz CT molecular complexity index is 851. The Morgan fingerprint density at radius 3 is 2.79 bits per heavy atom. The highest BCUT2D eigenvalue weighted by atomic mass is 35.5. The van der Waals surface area contributed by atoms with Gasteiger partial charge in [0.2, 0.25) is 5.82 Å². The minimum Gasteiger partial charge on any atom is -0.347 e. The van der Waals surface area contributed by atoms with E-state index in [9.17, 15) is 9.18 Å². The first-order valence-corrected chi connectivity index (χ1v) is 7.48. The van der Waals surface area contributed by atoms with Gasteiger partial charge in [0.1, 0.15) is 11.0 Å². The molecule has 1 aromatic carbocycles. The fraction of sp³-hybridized carbons (Fsp3) is 0.125. The van der Waals surface area contributed by atoms with Crippen molar-refractivity contribution in [1.29, 1.82) is 0 Å². The van der Waals surface area contributed by atoms with Crippen LogP contribution in [0.5, 0.6) is 0 Å². The third-order valence-electron chi connectivity index (χ3n) is 3.23. The highest BCUT2D eigenvalue weighted by Gasteiger charge is 2.17. The zero-order valence-electron chi connectivity index (χ0n) is 12.4. The average molecular weight is 347 g/mol. The van der Waals surface area contributed by atoms with Crippen LogP contribution in [0.1, 0.15) is 16.2 Å². The summed E-state index contributed by atoms with van der Waals surface area (Å²) in [5, 5.41) is 6.62. The molecule has 2 heterocycles. The van der Waals surface area contributed by atoms with Crippen LogP contribution < -0.4 is 5.32 Å². The maximum absolute atomic E-state index is 12.8. The summed E-state index contributed by atoms with van der Waals surface area (Å²) in [5.41, 5.74) is 1.39. The molecule has 1 N–H and O–H groups in total. The number of amides is 1. The van der Waals surface area contributed by atoms with Crippen LogP contribution in [0.3, 0.4) is 0 Å². The summed E-state index contributed by atoms with van der Waals surface area (Å²) in [6.45, 7) is 0.357. The molecule has 0 saturated carbocycles. The van der Waals surface area contributed by atoms with Crippen LogP contribution in [0.15, 0.2) is 47.1 Å². The Balaban J connectivity index is 1.60. The topological polar surface area (TPSA) is 80.9 Å². The Morgan fingerprint density at radius 2 is 2.04 bits per heavy atom. The van der Waals surface area contributed by atoms with Crippen LogP contribution in [0.4, 0.5) is 4.39 Å². The lowest BCUT2D eigenvalue weighted by Gasteiger charge is -2.02. The molecule has 0 fully saturated rings. The van der Waals surface area contributed by atoms with E-state index >= 15 is 0 Å². The first kappa shape index (κ1) is 16.1. The maximum atomic E-state index is 12.8. The first-order chi connectivity index (χ1) is 11.6. The number of pyridine rings is 1. The predicted molar refractivity (Wildman–Crippen MR) is 85.0 cm³/mol. The summed E-state index contributed by atoms with van der Waals surface area (Å²) in [6.07, 6.45) is 2.09. The van der Waals surface area contributed by atoms with Crippen molar-refractivity contribution in [3.8, 4) is 11.4 Å². The second-order valence-electron chi connectivity index (χ2n) is 4.90. The highest BCUT2D eigenvalue weighted by Crippen LogP contribution is 2.22. The van der Waals surface area contributed by atoms with Gasteiger partial charge >= 0.3 is 11.8 Å². The van der Waals surface area contributed by atoms with Crippen molar-refractivity contribution in [2.24, 2.45) is 0 Å². The van der Waals surface area contributed by atoms with E-state index in [1.807, 2.05) is 0 Å². The third kappa shape index (κ3) is 3.75. The minimum atomic E-state index is -0.490. The van der Waals surface area contributed by atoms with Gasteiger partial charge in [-0.15, -0.1) is 0 Å². The van der Waals surface area contributed by atoms with Gasteiger partial charge in [-0.25, -0.2) is 9.37 Å². The van der Waals surface area contributed by atoms with Crippen molar-refractivity contribution in [3.63, 3.8) is 0 Å². The largest absolute Gasteiger partial charge is 0.347 e. The van der Waals surface area contributed by atoms with E-state index in [2.05, 4.69) is 20.4 Å². The lowest BCUT2D eigenvalue weighted by atomic mass is 10.1. The summed E-state index contributed by atoms with van der Waals surface area (Å²) in [5.74, 6) is -0.757. The molecule has 0 radical (unpaired) electrons.